The monoisotopic (exact) mass is 271 g/mol. The minimum Gasteiger partial charge on any atom is -0.489 e. The van der Waals surface area contributed by atoms with Crippen molar-refractivity contribution in [2.24, 2.45) is 5.73 Å². The summed E-state index contributed by atoms with van der Waals surface area (Å²) in [4.78, 5) is 10.7. The average Bonchev–Trinajstić information content (AvgIpc) is 2.54. The molecule has 5 nitrogen and oxygen atoms in total. The molecule has 1 aliphatic rings. The van der Waals surface area contributed by atoms with Crippen molar-refractivity contribution in [2.75, 3.05) is 13.2 Å². The molecule has 1 aromatic rings. The maximum atomic E-state index is 10.7. The van der Waals surface area contributed by atoms with Gasteiger partial charge in [-0.2, -0.15) is 0 Å². The minimum atomic E-state index is -1.04. The minimum absolute atomic E-state index is 0.200. The fourth-order valence-corrected chi connectivity index (χ4v) is 2.03. The van der Waals surface area contributed by atoms with Gasteiger partial charge in [0.15, 0.2) is 11.5 Å². The molecular weight excluding hydrogens is 258 g/mol. The lowest BCUT2D eigenvalue weighted by Crippen LogP contribution is -2.32. The van der Waals surface area contributed by atoms with Gasteiger partial charge in [0.05, 0.1) is 18.2 Å². The van der Waals surface area contributed by atoms with Gasteiger partial charge in [0.1, 0.15) is 6.04 Å². The first-order chi connectivity index (χ1) is 8.58. The Labute approximate surface area is 109 Å². The van der Waals surface area contributed by atoms with Crippen LogP contribution in [0.25, 0.3) is 0 Å². The van der Waals surface area contributed by atoms with Gasteiger partial charge >= 0.3 is 5.97 Å². The van der Waals surface area contributed by atoms with Gasteiger partial charge in [-0.25, -0.2) is 0 Å². The number of carbonyl (C=O) groups is 1. The fourth-order valence-electron chi connectivity index (χ4n) is 1.74. The highest BCUT2D eigenvalue weighted by Gasteiger charge is 2.18. The Morgan fingerprint density at radius 2 is 2.17 bits per heavy atom. The summed E-state index contributed by atoms with van der Waals surface area (Å²) >= 11 is 6.09. The van der Waals surface area contributed by atoms with Crippen molar-refractivity contribution in [3.8, 4) is 11.5 Å². The van der Waals surface area contributed by atoms with E-state index in [4.69, 9.17) is 31.9 Å². The lowest BCUT2D eigenvalue weighted by Gasteiger charge is -2.12. The number of aliphatic carboxylic acids is 1. The van der Waals surface area contributed by atoms with Crippen LogP contribution in [0.15, 0.2) is 12.1 Å². The molecule has 0 aromatic heterocycles. The topological polar surface area (TPSA) is 81.8 Å². The highest BCUT2D eigenvalue weighted by atomic mass is 35.5. The van der Waals surface area contributed by atoms with E-state index in [1.807, 2.05) is 0 Å². The molecule has 0 radical (unpaired) electrons. The molecular formula is C12H14ClNO4. The summed E-state index contributed by atoms with van der Waals surface area (Å²) in [5.41, 5.74) is 6.21. The Morgan fingerprint density at radius 3 is 2.89 bits per heavy atom. The molecule has 1 aromatic carbocycles. The molecule has 0 amide bonds. The van der Waals surface area contributed by atoms with Gasteiger partial charge in [0.25, 0.3) is 0 Å². The maximum absolute atomic E-state index is 10.7. The summed E-state index contributed by atoms with van der Waals surface area (Å²) < 4.78 is 11.0. The maximum Gasteiger partial charge on any atom is 0.320 e. The number of hydrogen-bond donors (Lipinski definition) is 2. The zero-order valence-corrected chi connectivity index (χ0v) is 10.4. The van der Waals surface area contributed by atoms with Gasteiger partial charge in [-0.05, 0) is 24.1 Å². The highest BCUT2D eigenvalue weighted by Crippen LogP contribution is 2.38. The molecule has 1 atom stereocenters. The van der Waals surface area contributed by atoms with Gasteiger partial charge in [-0.15, -0.1) is 0 Å². The van der Waals surface area contributed by atoms with Crippen LogP contribution in [-0.2, 0) is 11.2 Å². The van der Waals surface area contributed by atoms with E-state index < -0.39 is 12.0 Å². The van der Waals surface area contributed by atoms with E-state index in [1.54, 1.807) is 12.1 Å². The molecule has 18 heavy (non-hydrogen) atoms. The van der Waals surface area contributed by atoms with E-state index in [0.717, 1.165) is 12.0 Å². The van der Waals surface area contributed by atoms with E-state index in [2.05, 4.69) is 0 Å². The van der Waals surface area contributed by atoms with Crippen molar-refractivity contribution < 1.29 is 19.4 Å². The van der Waals surface area contributed by atoms with Gasteiger partial charge in [-0.3, -0.25) is 4.79 Å². The van der Waals surface area contributed by atoms with Crippen LogP contribution in [0.1, 0.15) is 12.0 Å². The number of fused-ring (bicyclic) bond motifs is 1. The number of halogens is 1. The average molecular weight is 272 g/mol. The molecule has 0 aliphatic carbocycles. The summed E-state index contributed by atoms with van der Waals surface area (Å²) in [5.74, 6) is 0.0210. The van der Waals surface area contributed by atoms with Crippen LogP contribution in [-0.4, -0.2) is 30.3 Å². The Kier molecular flexibility index (Phi) is 3.93. The smallest absolute Gasteiger partial charge is 0.320 e. The lowest BCUT2D eigenvalue weighted by molar-refractivity contribution is -0.138. The normalized spacial score (nSPS) is 15.9. The van der Waals surface area contributed by atoms with Crippen LogP contribution in [0.4, 0.5) is 0 Å². The van der Waals surface area contributed by atoms with Crippen molar-refractivity contribution in [1.82, 2.24) is 0 Å². The van der Waals surface area contributed by atoms with Crippen molar-refractivity contribution in [3.63, 3.8) is 0 Å². The Hall–Kier alpha value is -1.46. The molecule has 1 aliphatic heterocycles. The molecule has 0 saturated heterocycles. The standard InChI is InChI=1S/C12H14ClNO4/c13-8-4-7(5-9(14)12(15)16)6-10-11(8)18-3-1-2-17-10/h4,6,9H,1-3,5,14H2,(H,15,16)/t9-/m1/s1. The molecule has 2 rings (SSSR count). The van der Waals surface area contributed by atoms with E-state index in [1.165, 1.54) is 0 Å². The van der Waals surface area contributed by atoms with Gasteiger partial charge in [0, 0.05) is 6.42 Å². The molecule has 98 valence electrons. The van der Waals surface area contributed by atoms with E-state index in [9.17, 15) is 4.79 Å². The zero-order chi connectivity index (χ0) is 13.1. The van der Waals surface area contributed by atoms with Crippen LogP contribution in [0.3, 0.4) is 0 Å². The number of rotatable bonds is 3. The Morgan fingerprint density at radius 1 is 1.44 bits per heavy atom. The zero-order valence-electron chi connectivity index (χ0n) is 9.69. The van der Waals surface area contributed by atoms with Crippen LogP contribution < -0.4 is 15.2 Å². The first-order valence-corrected chi connectivity index (χ1v) is 6.02. The summed E-state index contributed by atoms with van der Waals surface area (Å²) in [7, 11) is 0. The number of carboxylic acid groups (broad SMARTS) is 1. The molecule has 1 heterocycles. The first kappa shape index (κ1) is 13.0. The molecule has 0 saturated carbocycles. The molecule has 0 fully saturated rings. The third-order valence-electron chi connectivity index (χ3n) is 2.63. The highest BCUT2D eigenvalue weighted by molar-refractivity contribution is 6.32. The van der Waals surface area contributed by atoms with Crippen molar-refractivity contribution in [3.05, 3.63) is 22.7 Å². The summed E-state index contributed by atoms with van der Waals surface area (Å²) in [5, 5.41) is 9.20. The van der Waals surface area contributed by atoms with Crippen LogP contribution in [0.5, 0.6) is 11.5 Å². The number of benzene rings is 1. The molecule has 0 bridgehead atoms. The third-order valence-corrected chi connectivity index (χ3v) is 2.92. The summed E-state index contributed by atoms with van der Waals surface area (Å²) in [6, 6.07) is 2.44. The molecule has 0 unspecified atom stereocenters. The second kappa shape index (κ2) is 5.46. The number of carboxylic acids is 1. The fraction of sp³-hybridized carbons (Fsp3) is 0.417. The number of hydrogen-bond acceptors (Lipinski definition) is 4. The van der Waals surface area contributed by atoms with E-state index in [0.29, 0.717) is 29.7 Å². The molecule has 0 spiro atoms. The Balaban J connectivity index is 2.26. The summed E-state index contributed by atoms with van der Waals surface area (Å²) in [6.45, 7) is 1.11. The van der Waals surface area contributed by atoms with Crippen molar-refractivity contribution in [1.29, 1.82) is 0 Å². The third kappa shape index (κ3) is 2.86. The first-order valence-electron chi connectivity index (χ1n) is 5.64. The number of nitrogens with two attached hydrogens (primary N) is 1. The largest absolute Gasteiger partial charge is 0.489 e. The lowest BCUT2D eigenvalue weighted by atomic mass is 10.1. The predicted octanol–water partition coefficient (Wildman–Crippen LogP) is 1.46. The quantitative estimate of drug-likeness (QED) is 0.870. The second-order valence-electron chi connectivity index (χ2n) is 4.10. The predicted molar refractivity (Wildman–Crippen MR) is 66.4 cm³/mol. The van der Waals surface area contributed by atoms with Gasteiger partial charge in [0.2, 0.25) is 0 Å². The van der Waals surface area contributed by atoms with Crippen LogP contribution in [0, 0.1) is 0 Å². The summed E-state index contributed by atoms with van der Waals surface area (Å²) in [6.07, 6.45) is 0.987. The SMILES string of the molecule is N[C@H](Cc1cc(Cl)c2c(c1)OCCCO2)C(=O)O. The second-order valence-corrected chi connectivity index (χ2v) is 4.51. The van der Waals surface area contributed by atoms with Gasteiger partial charge < -0.3 is 20.3 Å². The van der Waals surface area contributed by atoms with Crippen molar-refractivity contribution in [2.45, 2.75) is 18.9 Å². The van der Waals surface area contributed by atoms with E-state index in [-0.39, 0.29) is 6.42 Å². The Bertz CT molecular complexity index is 464. The molecule has 6 heteroatoms. The van der Waals surface area contributed by atoms with Gasteiger partial charge in [-0.1, -0.05) is 11.6 Å². The van der Waals surface area contributed by atoms with Crippen molar-refractivity contribution >= 4 is 17.6 Å². The molecule has 3 N–H and O–H groups in total. The van der Waals surface area contributed by atoms with Crippen LogP contribution in [0.2, 0.25) is 5.02 Å². The number of ether oxygens (including phenoxy) is 2. The van der Waals surface area contributed by atoms with Crippen LogP contribution >= 0.6 is 11.6 Å². The van der Waals surface area contributed by atoms with E-state index >= 15 is 0 Å².